The van der Waals surface area contributed by atoms with Crippen LogP contribution in [0.2, 0.25) is 0 Å². The normalized spacial score (nSPS) is 19.7. The molecule has 0 saturated carbocycles. The summed E-state index contributed by atoms with van der Waals surface area (Å²) < 4.78 is 1.73. The van der Waals surface area contributed by atoms with Gasteiger partial charge in [0.05, 0.1) is 22.3 Å². The molecule has 9 heteroatoms. The number of anilines is 1. The highest BCUT2D eigenvalue weighted by molar-refractivity contribution is 6.06. The number of H-pyrrole nitrogens is 1. The molecule has 1 fully saturated rings. The molecule has 3 aromatic rings. The van der Waals surface area contributed by atoms with Crippen molar-refractivity contribution in [2.75, 3.05) is 11.9 Å². The van der Waals surface area contributed by atoms with E-state index in [0.29, 0.717) is 41.6 Å². The number of likely N-dealkylation sites (tertiary alicyclic amines) is 1. The number of piperidine rings is 1. The number of carbonyl (C=O) groups is 2. The first-order valence-corrected chi connectivity index (χ1v) is 10.4. The Morgan fingerprint density at radius 3 is 2.68 bits per heavy atom. The largest absolute Gasteiger partial charge is 0.465 e. The zero-order valence-electron chi connectivity index (χ0n) is 18.1. The predicted molar refractivity (Wildman–Crippen MR) is 118 cm³/mol. The Morgan fingerprint density at radius 1 is 1.29 bits per heavy atom. The molecule has 2 atom stereocenters. The molecule has 3 heterocycles. The minimum atomic E-state index is -0.917. The number of rotatable bonds is 2. The van der Waals surface area contributed by atoms with Gasteiger partial charge in [0, 0.05) is 31.5 Å². The molecule has 0 bridgehead atoms. The van der Waals surface area contributed by atoms with Crippen molar-refractivity contribution in [3.8, 4) is 0 Å². The van der Waals surface area contributed by atoms with E-state index in [2.05, 4.69) is 10.3 Å². The topological polar surface area (TPSA) is 120 Å². The Balaban J connectivity index is 1.86. The van der Waals surface area contributed by atoms with E-state index in [1.54, 1.807) is 22.7 Å². The van der Waals surface area contributed by atoms with E-state index in [4.69, 9.17) is 5.10 Å². The third-order valence-electron chi connectivity index (χ3n) is 6.04. The molecule has 2 aromatic heterocycles. The second-order valence-corrected chi connectivity index (χ2v) is 9.28. The second-order valence-electron chi connectivity index (χ2n) is 9.28. The molecule has 1 aliphatic heterocycles. The third-order valence-corrected chi connectivity index (χ3v) is 6.04. The maximum atomic E-state index is 12.6. The van der Waals surface area contributed by atoms with Gasteiger partial charge in [0.2, 0.25) is 5.91 Å². The van der Waals surface area contributed by atoms with Crippen LogP contribution in [0, 0.1) is 5.41 Å². The molecule has 4 rings (SSSR count). The summed E-state index contributed by atoms with van der Waals surface area (Å²) in [4.78, 5) is 40.4. The first kappa shape index (κ1) is 20.9. The van der Waals surface area contributed by atoms with Gasteiger partial charge in [-0.3, -0.25) is 9.59 Å². The van der Waals surface area contributed by atoms with Crippen LogP contribution in [-0.2, 0) is 4.79 Å². The number of aromatic amines is 1. The molecule has 1 saturated heterocycles. The summed E-state index contributed by atoms with van der Waals surface area (Å²) in [6, 6.07) is 6.78. The quantitative estimate of drug-likeness (QED) is 0.581. The molecule has 1 aliphatic rings. The van der Waals surface area contributed by atoms with E-state index in [1.165, 1.54) is 11.8 Å². The molecule has 31 heavy (non-hydrogen) atoms. The molecule has 1 aromatic carbocycles. The van der Waals surface area contributed by atoms with E-state index in [9.17, 15) is 19.5 Å². The fourth-order valence-corrected chi connectivity index (χ4v) is 4.66. The lowest BCUT2D eigenvalue weighted by molar-refractivity contribution is -0.114. The van der Waals surface area contributed by atoms with Crippen molar-refractivity contribution < 1.29 is 14.7 Å². The average Bonchev–Trinajstić information content (AvgIpc) is 3.05. The van der Waals surface area contributed by atoms with Gasteiger partial charge in [0.15, 0.2) is 0 Å². The molecule has 164 valence electrons. The Bertz CT molecular complexity index is 1240. The van der Waals surface area contributed by atoms with E-state index >= 15 is 0 Å². The number of hydrogen-bond donors (Lipinski definition) is 3. The summed E-state index contributed by atoms with van der Waals surface area (Å²) in [5.41, 5.74) is 2.02. The first-order chi connectivity index (χ1) is 14.6. The van der Waals surface area contributed by atoms with Crippen molar-refractivity contribution in [3.05, 3.63) is 40.3 Å². The van der Waals surface area contributed by atoms with Gasteiger partial charge in [-0.2, -0.15) is 5.10 Å². The monoisotopic (exact) mass is 425 g/mol. The highest BCUT2D eigenvalue weighted by Gasteiger charge is 2.40. The zero-order chi connectivity index (χ0) is 22.5. The van der Waals surface area contributed by atoms with Crippen LogP contribution in [0.1, 0.15) is 52.1 Å². The number of carbonyl (C=O) groups excluding carboxylic acids is 1. The molecule has 2 unspecified atom stereocenters. The van der Waals surface area contributed by atoms with E-state index in [1.807, 2.05) is 26.8 Å². The van der Waals surface area contributed by atoms with Crippen LogP contribution in [0.4, 0.5) is 10.5 Å². The van der Waals surface area contributed by atoms with Gasteiger partial charge in [0.25, 0.3) is 5.56 Å². The molecule has 3 N–H and O–H groups in total. The van der Waals surface area contributed by atoms with Crippen LogP contribution in [0.5, 0.6) is 0 Å². The fourth-order valence-electron chi connectivity index (χ4n) is 4.66. The van der Waals surface area contributed by atoms with Gasteiger partial charge in [-0.15, -0.1) is 0 Å². The van der Waals surface area contributed by atoms with Gasteiger partial charge < -0.3 is 20.3 Å². The van der Waals surface area contributed by atoms with Crippen LogP contribution in [0.15, 0.2) is 29.1 Å². The Morgan fingerprint density at radius 2 is 2.03 bits per heavy atom. The molecular formula is C22H27N5O4. The molecule has 2 amide bonds. The van der Waals surface area contributed by atoms with E-state index in [0.717, 1.165) is 5.69 Å². The fraction of sp³-hybridized carbons (Fsp3) is 0.455. The van der Waals surface area contributed by atoms with Crippen molar-refractivity contribution in [1.82, 2.24) is 19.5 Å². The van der Waals surface area contributed by atoms with Gasteiger partial charge in [-0.1, -0.05) is 26.8 Å². The van der Waals surface area contributed by atoms with Crippen LogP contribution in [0.25, 0.3) is 16.6 Å². The van der Waals surface area contributed by atoms with Crippen molar-refractivity contribution >= 4 is 34.2 Å². The second kappa shape index (κ2) is 7.40. The first-order valence-electron chi connectivity index (χ1n) is 10.4. The standard InChI is InChI=1S/C22H27N5O4/c1-12(28)23-14-6-5-7-15-19(14)20-24-18(29)11-16(27(20)25-15)13-8-9-26(21(30)31)17(10-13)22(2,3)4/h5-7,11,13,17H,8-10H2,1-4H3,(H,23,28)(H,24,29)(H,30,31). The lowest BCUT2D eigenvalue weighted by Gasteiger charge is -2.44. The van der Waals surface area contributed by atoms with Gasteiger partial charge >= 0.3 is 6.09 Å². The maximum Gasteiger partial charge on any atom is 0.407 e. The Labute approximate surface area is 179 Å². The van der Waals surface area contributed by atoms with Crippen molar-refractivity contribution in [2.24, 2.45) is 5.41 Å². The molecule has 0 aliphatic carbocycles. The zero-order valence-corrected chi connectivity index (χ0v) is 18.1. The lowest BCUT2D eigenvalue weighted by Crippen LogP contribution is -2.51. The number of nitrogens with one attached hydrogen (secondary N) is 2. The van der Waals surface area contributed by atoms with Gasteiger partial charge in [-0.25, -0.2) is 9.31 Å². The predicted octanol–water partition coefficient (Wildman–Crippen LogP) is 3.41. The molecule has 0 radical (unpaired) electrons. The minimum Gasteiger partial charge on any atom is -0.465 e. The highest BCUT2D eigenvalue weighted by atomic mass is 16.4. The Hall–Kier alpha value is -3.36. The summed E-state index contributed by atoms with van der Waals surface area (Å²) in [6.45, 7) is 7.93. The van der Waals surface area contributed by atoms with Crippen LogP contribution < -0.4 is 10.9 Å². The SMILES string of the molecule is CC(=O)Nc1cccc2nn3c(C4CCN(C(=O)O)C(C(C)(C)C)C4)cc(=O)[nH]c3c12. The third kappa shape index (κ3) is 3.75. The molecule has 9 nitrogen and oxygen atoms in total. The van der Waals surface area contributed by atoms with E-state index < -0.39 is 6.09 Å². The molecular weight excluding hydrogens is 398 g/mol. The number of hydrogen-bond acceptors (Lipinski definition) is 4. The van der Waals surface area contributed by atoms with Crippen LogP contribution in [-0.4, -0.2) is 49.2 Å². The summed E-state index contributed by atoms with van der Waals surface area (Å²) >= 11 is 0. The Kier molecular flexibility index (Phi) is 4.99. The summed E-state index contributed by atoms with van der Waals surface area (Å²) in [6.07, 6.45) is 0.286. The number of benzene rings is 1. The number of nitrogens with zero attached hydrogens (tertiary/aromatic N) is 3. The average molecular weight is 425 g/mol. The van der Waals surface area contributed by atoms with Crippen LogP contribution in [0.3, 0.4) is 0 Å². The van der Waals surface area contributed by atoms with Gasteiger partial charge in [0.1, 0.15) is 5.65 Å². The summed E-state index contributed by atoms with van der Waals surface area (Å²) in [5, 5.41) is 17.8. The number of fused-ring (bicyclic) bond motifs is 3. The number of aromatic nitrogens is 3. The van der Waals surface area contributed by atoms with Crippen molar-refractivity contribution in [1.29, 1.82) is 0 Å². The number of carboxylic acid groups (broad SMARTS) is 1. The van der Waals surface area contributed by atoms with Gasteiger partial charge in [-0.05, 0) is 30.4 Å². The minimum absolute atomic E-state index is 0.0249. The van der Waals surface area contributed by atoms with E-state index in [-0.39, 0.29) is 28.8 Å². The maximum absolute atomic E-state index is 12.6. The lowest BCUT2D eigenvalue weighted by atomic mass is 9.76. The summed E-state index contributed by atoms with van der Waals surface area (Å²) in [7, 11) is 0. The van der Waals surface area contributed by atoms with Crippen molar-refractivity contribution in [3.63, 3.8) is 0 Å². The highest BCUT2D eigenvalue weighted by Crippen LogP contribution is 2.39. The molecule has 0 spiro atoms. The van der Waals surface area contributed by atoms with Crippen LogP contribution >= 0.6 is 0 Å². The number of amides is 2. The van der Waals surface area contributed by atoms with Crippen molar-refractivity contribution in [2.45, 2.75) is 52.5 Å². The smallest absolute Gasteiger partial charge is 0.407 e. The summed E-state index contributed by atoms with van der Waals surface area (Å²) in [5.74, 6) is -0.234.